The Balaban J connectivity index is 2.00. The number of anilines is 2. The number of rotatable bonds is 7. The smallest absolute Gasteiger partial charge is 0.246 e. The Morgan fingerprint density at radius 3 is 2.08 bits per heavy atom. The largest absolute Gasteiger partial charge is 0.497 e. The molecule has 2 aromatic carbocycles. The van der Waals surface area contributed by atoms with E-state index in [1.807, 2.05) is 6.07 Å². The van der Waals surface area contributed by atoms with Crippen molar-refractivity contribution in [3.8, 4) is 17.2 Å². The summed E-state index contributed by atoms with van der Waals surface area (Å²) in [6, 6.07) is 12.2. The topological polar surface area (TPSA) is 68.8 Å². The Morgan fingerprint density at radius 2 is 1.50 bits per heavy atom. The first-order valence-electron chi connectivity index (χ1n) is 7.51. The third-order valence-corrected chi connectivity index (χ3v) is 3.52. The summed E-state index contributed by atoms with van der Waals surface area (Å²) in [5.41, 5.74) is 1.48. The molecule has 0 aliphatic heterocycles. The molecule has 0 aliphatic carbocycles. The minimum atomic E-state index is -0.426. The predicted octanol–water partition coefficient (Wildman–Crippen LogP) is 3.15. The molecular weight excluding hydrogens is 308 g/mol. The predicted molar refractivity (Wildman–Crippen MR) is 94.3 cm³/mol. The van der Waals surface area contributed by atoms with Gasteiger partial charge in [-0.05, 0) is 43.3 Å². The summed E-state index contributed by atoms with van der Waals surface area (Å²) in [7, 11) is 4.75. The number of carbonyl (C=O) groups is 1. The molecular formula is C18H22N2O4. The maximum Gasteiger partial charge on any atom is 0.246 e. The lowest BCUT2D eigenvalue weighted by atomic mass is 10.2. The second-order valence-corrected chi connectivity index (χ2v) is 5.15. The van der Waals surface area contributed by atoms with E-state index in [0.717, 1.165) is 11.4 Å². The van der Waals surface area contributed by atoms with Crippen molar-refractivity contribution in [3.05, 3.63) is 42.5 Å². The molecule has 1 atom stereocenters. The maximum atomic E-state index is 12.3. The Labute approximate surface area is 141 Å². The van der Waals surface area contributed by atoms with E-state index in [1.165, 1.54) is 0 Å². The molecule has 1 amide bonds. The average Bonchev–Trinajstić information content (AvgIpc) is 2.62. The van der Waals surface area contributed by atoms with E-state index >= 15 is 0 Å². The van der Waals surface area contributed by atoms with Crippen LogP contribution in [-0.4, -0.2) is 33.3 Å². The summed E-state index contributed by atoms with van der Waals surface area (Å²) < 4.78 is 15.6. The Morgan fingerprint density at radius 1 is 0.875 bits per heavy atom. The zero-order valence-corrected chi connectivity index (χ0v) is 14.3. The van der Waals surface area contributed by atoms with Gasteiger partial charge in [-0.25, -0.2) is 0 Å². The van der Waals surface area contributed by atoms with E-state index in [2.05, 4.69) is 10.6 Å². The van der Waals surface area contributed by atoms with Crippen molar-refractivity contribution in [2.24, 2.45) is 0 Å². The van der Waals surface area contributed by atoms with Crippen LogP contribution < -0.4 is 24.8 Å². The fourth-order valence-corrected chi connectivity index (χ4v) is 2.17. The van der Waals surface area contributed by atoms with Gasteiger partial charge in [0.2, 0.25) is 5.91 Å². The molecule has 0 heterocycles. The van der Waals surface area contributed by atoms with Gasteiger partial charge in [-0.3, -0.25) is 4.79 Å². The van der Waals surface area contributed by atoms with Crippen LogP contribution in [0.15, 0.2) is 42.5 Å². The molecule has 0 radical (unpaired) electrons. The van der Waals surface area contributed by atoms with Gasteiger partial charge in [-0.15, -0.1) is 0 Å². The third-order valence-electron chi connectivity index (χ3n) is 3.52. The number of methoxy groups -OCH3 is 3. The Bertz CT molecular complexity index is 686. The molecule has 0 spiro atoms. The van der Waals surface area contributed by atoms with Crippen LogP contribution in [0.2, 0.25) is 0 Å². The van der Waals surface area contributed by atoms with Gasteiger partial charge in [0.1, 0.15) is 11.8 Å². The highest BCUT2D eigenvalue weighted by atomic mass is 16.5. The minimum absolute atomic E-state index is 0.144. The summed E-state index contributed by atoms with van der Waals surface area (Å²) >= 11 is 0. The van der Waals surface area contributed by atoms with Gasteiger partial charge in [0.25, 0.3) is 0 Å². The number of nitrogens with one attached hydrogen (secondary N) is 2. The van der Waals surface area contributed by atoms with Crippen LogP contribution in [0.3, 0.4) is 0 Å². The number of ether oxygens (including phenoxy) is 3. The van der Waals surface area contributed by atoms with Crippen LogP contribution >= 0.6 is 0 Å². The zero-order valence-electron chi connectivity index (χ0n) is 14.3. The molecule has 0 aromatic heterocycles. The van der Waals surface area contributed by atoms with Crippen LogP contribution in [0.4, 0.5) is 11.4 Å². The lowest BCUT2D eigenvalue weighted by Gasteiger charge is -2.17. The summed E-state index contributed by atoms with van der Waals surface area (Å²) in [4.78, 5) is 12.3. The van der Waals surface area contributed by atoms with E-state index in [9.17, 15) is 4.79 Å². The second kappa shape index (κ2) is 8.10. The zero-order chi connectivity index (χ0) is 17.5. The number of hydrogen-bond acceptors (Lipinski definition) is 5. The van der Waals surface area contributed by atoms with Gasteiger partial charge in [-0.2, -0.15) is 0 Å². The van der Waals surface area contributed by atoms with Gasteiger partial charge in [0, 0.05) is 17.4 Å². The highest BCUT2D eigenvalue weighted by Crippen LogP contribution is 2.30. The lowest BCUT2D eigenvalue weighted by molar-refractivity contribution is -0.116. The molecule has 0 fully saturated rings. The number of amides is 1. The van der Waals surface area contributed by atoms with E-state index < -0.39 is 6.04 Å². The maximum absolute atomic E-state index is 12.3. The van der Waals surface area contributed by atoms with E-state index in [0.29, 0.717) is 17.2 Å². The molecule has 2 rings (SSSR count). The van der Waals surface area contributed by atoms with Crippen LogP contribution in [-0.2, 0) is 4.79 Å². The summed E-state index contributed by atoms with van der Waals surface area (Å²) in [6.07, 6.45) is 0. The highest BCUT2D eigenvalue weighted by molar-refractivity contribution is 5.96. The lowest BCUT2D eigenvalue weighted by Crippen LogP contribution is -2.31. The van der Waals surface area contributed by atoms with Gasteiger partial charge in [0.05, 0.1) is 21.3 Å². The fraction of sp³-hybridized carbons (Fsp3) is 0.278. The quantitative estimate of drug-likeness (QED) is 0.816. The molecule has 0 bridgehead atoms. The van der Waals surface area contributed by atoms with Crippen molar-refractivity contribution in [2.75, 3.05) is 32.0 Å². The molecule has 2 N–H and O–H groups in total. The average molecular weight is 330 g/mol. The number of carbonyl (C=O) groups excluding carboxylic acids is 1. The molecule has 1 unspecified atom stereocenters. The fourth-order valence-electron chi connectivity index (χ4n) is 2.17. The Hall–Kier alpha value is -2.89. The van der Waals surface area contributed by atoms with Crippen LogP contribution in [0.5, 0.6) is 17.2 Å². The number of benzene rings is 2. The molecule has 6 nitrogen and oxygen atoms in total. The molecule has 24 heavy (non-hydrogen) atoms. The molecule has 6 heteroatoms. The van der Waals surface area contributed by atoms with Crippen molar-refractivity contribution >= 4 is 17.3 Å². The van der Waals surface area contributed by atoms with Crippen LogP contribution in [0, 0.1) is 0 Å². The first-order chi connectivity index (χ1) is 11.6. The first kappa shape index (κ1) is 17.5. The molecule has 2 aromatic rings. The normalized spacial score (nSPS) is 11.3. The molecule has 0 aliphatic rings. The standard InChI is InChI=1S/C18H22N2O4/c1-12(18(21)20-13-5-8-15(22-2)9-6-13)19-14-7-10-16(23-3)17(11-14)24-4/h5-12,19H,1-4H3,(H,20,21). The van der Waals surface area contributed by atoms with Crippen molar-refractivity contribution in [1.82, 2.24) is 0 Å². The summed E-state index contributed by atoms with van der Waals surface area (Å²) in [6.45, 7) is 1.79. The van der Waals surface area contributed by atoms with Crippen molar-refractivity contribution in [1.29, 1.82) is 0 Å². The van der Waals surface area contributed by atoms with E-state index in [1.54, 1.807) is 64.7 Å². The van der Waals surface area contributed by atoms with Crippen molar-refractivity contribution in [3.63, 3.8) is 0 Å². The van der Waals surface area contributed by atoms with Crippen molar-refractivity contribution < 1.29 is 19.0 Å². The van der Waals surface area contributed by atoms with Crippen molar-refractivity contribution in [2.45, 2.75) is 13.0 Å². The highest BCUT2D eigenvalue weighted by Gasteiger charge is 2.14. The van der Waals surface area contributed by atoms with Gasteiger partial charge >= 0.3 is 0 Å². The van der Waals surface area contributed by atoms with Crippen LogP contribution in [0.1, 0.15) is 6.92 Å². The van der Waals surface area contributed by atoms with Gasteiger partial charge < -0.3 is 24.8 Å². The van der Waals surface area contributed by atoms with E-state index in [-0.39, 0.29) is 5.91 Å². The first-order valence-corrected chi connectivity index (χ1v) is 7.51. The third kappa shape index (κ3) is 4.32. The molecule has 0 saturated carbocycles. The monoisotopic (exact) mass is 330 g/mol. The van der Waals surface area contributed by atoms with Crippen LogP contribution in [0.25, 0.3) is 0 Å². The Kier molecular flexibility index (Phi) is 5.89. The van der Waals surface area contributed by atoms with Gasteiger partial charge in [0.15, 0.2) is 11.5 Å². The summed E-state index contributed by atoms with van der Waals surface area (Å²) in [5, 5.41) is 5.99. The molecule has 128 valence electrons. The minimum Gasteiger partial charge on any atom is -0.497 e. The number of hydrogen-bond donors (Lipinski definition) is 2. The SMILES string of the molecule is COc1ccc(NC(=O)C(C)Nc2ccc(OC)c(OC)c2)cc1. The van der Waals surface area contributed by atoms with E-state index in [4.69, 9.17) is 14.2 Å². The second-order valence-electron chi connectivity index (χ2n) is 5.15. The van der Waals surface area contributed by atoms with Gasteiger partial charge in [-0.1, -0.05) is 0 Å². The summed E-state index contributed by atoms with van der Waals surface area (Å²) in [5.74, 6) is 1.84. The molecule has 0 saturated heterocycles.